The third-order valence-corrected chi connectivity index (χ3v) is 7.58. The number of rotatable bonds is 18. The molecule has 3 N–H and O–H groups in total. The number of aromatic nitrogens is 1. The van der Waals surface area contributed by atoms with E-state index >= 15 is 0 Å². The van der Waals surface area contributed by atoms with E-state index in [1.165, 1.54) is 27.3 Å². The fraction of sp³-hybridized carbons (Fsp3) is 0.500. The summed E-state index contributed by atoms with van der Waals surface area (Å²) in [6.45, 7) is 2.52. The largest absolute Gasteiger partial charge is 0.449 e. The Bertz CT molecular complexity index is 1450. The maximum atomic E-state index is 13.9. The summed E-state index contributed by atoms with van der Waals surface area (Å²) in [5, 5.41) is 8.27. The quantitative estimate of drug-likeness (QED) is 0.141. The molecule has 0 aliphatic rings. The number of carbonyl (C=O) groups is 5. The molecule has 45 heavy (non-hydrogen) atoms. The summed E-state index contributed by atoms with van der Waals surface area (Å²) in [6, 6.07) is 4.61. The first-order valence-electron chi connectivity index (χ1n) is 13.5. The van der Waals surface area contributed by atoms with Crippen molar-refractivity contribution in [2.45, 2.75) is 50.9 Å². The molecule has 15 nitrogen and oxygen atoms in total. The van der Waals surface area contributed by atoms with Crippen molar-refractivity contribution in [3.63, 3.8) is 0 Å². The van der Waals surface area contributed by atoms with Crippen LogP contribution in [0.3, 0.4) is 0 Å². The zero-order chi connectivity index (χ0) is 33.8. The summed E-state index contributed by atoms with van der Waals surface area (Å²) in [5.41, 5.74) is -1.51. The Kier molecular flexibility index (Phi) is 14.2. The summed E-state index contributed by atoms with van der Waals surface area (Å²) >= 11 is 1.13. The van der Waals surface area contributed by atoms with Gasteiger partial charge in [0.25, 0.3) is 16.0 Å². The Morgan fingerprint density at radius 3 is 1.98 bits per heavy atom. The number of aryl methyl sites for hydroxylation is 1. The number of esters is 1. The van der Waals surface area contributed by atoms with Crippen molar-refractivity contribution in [3.05, 3.63) is 52.0 Å². The van der Waals surface area contributed by atoms with Crippen LogP contribution < -0.4 is 16.0 Å². The van der Waals surface area contributed by atoms with Gasteiger partial charge in [0.05, 0.1) is 36.7 Å². The van der Waals surface area contributed by atoms with E-state index in [4.69, 9.17) is 18.4 Å². The molecule has 0 saturated heterocycles. The van der Waals surface area contributed by atoms with Crippen LogP contribution in [0, 0.1) is 6.92 Å². The molecule has 1 aromatic carbocycles. The van der Waals surface area contributed by atoms with Gasteiger partial charge >= 0.3 is 5.97 Å². The highest BCUT2D eigenvalue weighted by Crippen LogP contribution is 2.19. The summed E-state index contributed by atoms with van der Waals surface area (Å²) in [5.74, 6) is -3.96. The van der Waals surface area contributed by atoms with Crippen LogP contribution >= 0.6 is 11.3 Å². The van der Waals surface area contributed by atoms with Gasteiger partial charge in [0, 0.05) is 21.1 Å². The molecule has 0 aliphatic heterocycles. The maximum absolute atomic E-state index is 13.9. The van der Waals surface area contributed by atoms with Crippen LogP contribution in [-0.4, -0.2) is 107 Å². The number of nitrogens with one attached hydrogen (secondary N) is 3. The third-order valence-electron chi connectivity index (χ3n) is 6.12. The van der Waals surface area contributed by atoms with Crippen molar-refractivity contribution in [2.75, 3.05) is 40.3 Å². The van der Waals surface area contributed by atoms with E-state index in [0.717, 1.165) is 24.5 Å². The van der Waals surface area contributed by atoms with E-state index < -0.39 is 69.9 Å². The van der Waals surface area contributed by atoms with Crippen LogP contribution in [0.1, 0.15) is 34.1 Å². The molecule has 3 amide bonds. The normalized spacial score (nSPS) is 14.7. The second-order valence-corrected chi connectivity index (χ2v) is 13.0. The second-order valence-electron chi connectivity index (χ2n) is 10.1. The van der Waals surface area contributed by atoms with E-state index in [1.54, 1.807) is 37.3 Å². The van der Waals surface area contributed by atoms with Crippen molar-refractivity contribution in [3.8, 4) is 0 Å². The molecule has 0 aliphatic carbocycles. The average Bonchev–Trinajstić information content (AvgIpc) is 3.41. The Morgan fingerprint density at radius 1 is 0.933 bits per heavy atom. The van der Waals surface area contributed by atoms with Crippen LogP contribution in [-0.2, 0) is 54.1 Å². The predicted octanol–water partition coefficient (Wildman–Crippen LogP) is -0.0779. The zero-order valence-corrected chi connectivity index (χ0v) is 27.4. The fourth-order valence-corrected chi connectivity index (χ4v) is 5.17. The van der Waals surface area contributed by atoms with Gasteiger partial charge in [0.15, 0.2) is 5.60 Å². The van der Waals surface area contributed by atoms with E-state index in [2.05, 4.69) is 20.9 Å². The molecule has 0 radical (unpaired) electrons. The van der Waals surface area contributed by atoms with Gasteiger partial charge in [-0.05, 0) is 25.8 Å². The monoisotopic (exact) mass is 670 g/mol. The van der Waals surface area contributed by atoms with E-state index in [0.29, 0.717) is 10.6 Å². The van der Waals surface area contributed by atoms with E-state index in [-0.39, 0.29) is 24.5 Å². The highest BCUT2D eigenvalue weighted by molar-refractivity contribution is 7.86. The Labute approximate surface area is 265 Å². The van der Waals surface area contributed by atoms with Gasteiger partial charge in [0.2, 0.25) is 17.6 Å². The third kappa shape index (κ3) is 12.3. The lowest BCUT2D eigenvalue weighted by atomic mass is 9.91. The zero-order valence-electron chi connectivity index (χ0n) is 25.8. The summed E-state index contributed by atoms with van der Waals surface area (Å²) in [7, 11) is -1.42. The Hall–Kier alpha value is -3.77. The molecule has 1 aromatic heterocycles. The van der Waals surface area contributed by atoms with Gasteiger partial charge in [-0.1, -0.05) is 30.3 Å². The Morgan fingerprint density at radius 2 is 1.49 bits per heavy atom. The molecule has 0 fully saturated rings. The summed E-state index contributed by atoms with van der Waals surface area (Å²) in [6.07, 6.45) is 2.04. The van der Waals surface area contributed by atoms with Gasteiger partial charge in [0.1, 0.15) is 23.6 Å². The van der Waals surface area contributed by atoms with Gasteiger partial charge < -0.3 is 30.2 Å². The first-order valence-corrected chi connectivity index (χ1v) is 16.2. The molecule has 17 heteroatoms. The number of amides is 3. The van der Waals surface area contributed by atoms with Gasteiger partial charge in [-0.15, -0.1) is 11.3 Å². The number of methoxy groups -OCH3 is 2. The van der Waals surface area contributed by atoms with Crippen molar-refractivity contribution in [2.24, 2.45) is 0 Å². The molecule has 0 spiro atoms. The van der Waals surface area contributed by atoms with Crippen molar-refractivity contribution >= 4 is 50.9 Å². The van der Waals surface area contributed by atoms with Crippen LogP contribution in [0.15, 0.2) is 36.5 Å². The summed E-state index contributed by atoms with van der Waals surface area (Å²) < 4.78 is 43.7. The van der Waals surface area contributed by atoms with Crippen LogP contribution in [0.5, 0.6) is 0 Å². The number of Topliss-reactive ketones (excluding diaryl/α,β-unsaturated/α-hetero) is 1. The number of ketones is 1. The first kappa shape index (κ1) is 37.4. The minimum Gasteiger partial charge on any atom is -0.449 e. The van der Waals surface area contributed by atoms with Crippen molar-refractivity contribution < 1.29 is 50.8 Å². The van der Waals surface area contributed by atoms with Crippen LogP contribution in [0.4, 0.5) is 0 Å². The molecule has 4 atom stereocenters. The van der Waals surface area contributed by atoms with Crippen LogP contribution in [0.2, 0.25) is 0 Å². The van der Waals surface area contributed by atoms with E-state index in [1.807, 2.05) is 0 Å². The number of benzene rings is 1. The summed E-state index contributed by atoms with van der Waals surface area (Å²) in [4.78, 5) is 69.5. The van der Waals surface area contributed by atoms with Crippen molar-refractivity contribution in [1.82, 2.24) is 20.9 Å². The number of hydrogen-bond acceptors (Lipinski definition) is 13. The molecule has 248 valence electrons. The lowest BCUT2D eigenvalue weighted by molar-refractivity contribution is -0.168. The lowest BCUT2D eigenvalue weighted by Gasteiger charge is -2.32. The smallest absolute Gasteiger partial charge is 0.303 e. The first-order chi connectivity index (χ1) is 21.1. The van der Waals surface area contributed by atoms with E-state index in [9.17, 15) is 32.4 Å². The average molecular weight is 671 g/mol. The lowest BCUT2D eigenvalue weighted by Crippen LogP contribution is -2.60. The minimum absolute atomic E-state index is 0.0919. The second kappa shape index (κ2) is 17.1. The topological polar surface area (TPSA) is 205 Å². The van der Waals surface area contributed by atoms with Gasteiger partial charge in [-0.3, -0.25) is 28.2 Å². The fourth-order valence-electron chi connectivity index (χ4n) is 4.05. The standard InChI is InChI=1S/C28H38N4O11S2/c1-17-29-13-23(44-17)27(37)32-22(15-41-5)26(36)31-21(14-40-4)25(35)30-20(12-19-10-8-7-9-11-19)24(34)28(3,43-18(2)33)16-42-45(6,38)39/h7-11,13,20-22H,12,14-16H2,1-6H3,(H,30,35)(H,31,36)(H,32,37)/t20-,21-,22-,28?/m0/s1. The van der Waals surface area contributed by atoms with Crippen molar-refractivity contribution in [1.29, 1.82) is 0 Å². The van der Waals surface area contributed by atoms with Crippen LogP contribution in [0.25, 0.3) is 0 Å². The van der Waals surface area contributed by atoms with Gasteiger partial charge in [-0.25, -0.2) is 4.98 Å². The number of nitrogens with zero attached hydrogens (tertiary/aromatic N) is 1. The Balaban J connectivity index is 2.34. The highest BCUT2D eigenvalue weighted by atomic mass is 32.2. The maximum Gasteiger partial charge on any atom is 0.303 e. The van der Waals surface area contributed by atoms with Gasteiger partial charge in [-0.2, -0.15) is 8.42 Å². The number of hydrogen-bond donors (Lipinski definition) is 3. The SMILES string of the molecule is COC[C@H](NC(=O)c1cnc(C)s1)C(=O)N[C@@H](COC)C(=O)N[C@@H](Cc1ccccc1)C(=O)C(C)(COS(C)(=O)=O)OC(C)=O. The molecular weight excluding hydrogens is 632 g/mol. The molecule has 2 aromatic rings. The molecule has 1 heterocycles. The number of thiazole rings is 1. The number of carbonyl (C=O) groups excluding carboxylic acids is 5. The molecule has 1 unspecified atom stereocenters. The number of ether oxygens (including phenoxy) is 3. The predicted molar refractivity (Wildman–Crippen MR) is 162 cm³/mol. The molecule has 0 saturated carbocycles. The molecule has 2 rings (SSSR count). The molecular formula is C28H38N4O11S2. The molecule has 0 bridgehead atoms. The minimum atomic E-state index is -4.04. The highest BCUT2D eigenvalue weighted by Gasteiger charge is 2.43.